The lowest BCUT2D eigenvalue weighted by Gasteiger charge is -2.04. The number of rotatable bonds is 1. The van der Waals surface area contributed by atoms with Crippen LogP contribution in [0.2, 0.25) is 5.02 Å². The fraction of sp³-hybridized carbons (Fsp3) is 0. The molecule has 0 atom stereocenters. The number of para-hydroxylation sites is 1. The zero-order valence-corrected chi connectivity index (χ0v) is 10.1. The molecule has 3 aromatic rings. The average Bonchev–Trinajstić information content (AvgIpc) is 2.39. The number of benzene rings is 2. The van der Waals surface area contributed by atoms with Crippen LogP contribution in [0.3, 0.4) is 0 Å². The predicted octanol–water partition coefficient (Wildman–Crippen LogP) is 3.66. The zero-order chi connectivity index (χ0) is 12.5. The molecule has 0 radical (unpaired) electrons. The average molecular weight is 257 g/mol. The molecular weight excluding hydrogens is 248 g/mol. The molecule has 0 aliphatic heterocycles. The van der Waals surface area contributed by atoms with E-state index in [9.17, 15) is 5.11 Å². The van der Waals surface area contributed by atoms with Crippen molar-refractivity contribution in [1.29, 1.82) is 0 Å². The van der Waals surface area contributed by atoms with Crippen LogP contribution in [0.5, 0.6) is 5.75 Å². The molecule has 0 spiro atoms. The summed E-state index contributed by atoms with van der Waals surface area (Å²) in [6, 6.07) is 12.4. The van der Waals surface area contributed by atoms with Crippen LogP contribution < -0.4 is 0 Å². The van der Waals surface area contributed by atoms with Crippen LogP contribution in [0.4, 0.5) is 0 Å². The number of fused-ring (bicyclic) bond motifs is 1. The molecule has 1 N–H and O–H groups in total. The van der Waals surface area contributed by atoms with Gasteiger partial charge < -0.3 is 5.11 Å². The van der Waals surface area contributed by atoms with Gasteiger partial charge in [0, 0.05) is 5.56 Å². The van der Waals surface area contributed by atoms with Crippen molar-refractivity contribution in [1.82, 2.24) is 9.97 Å². The van der Waals surface area contributed by atoms with Gasteiger partial charge in [0.1, 0.15) is 11.3 Å². The highest BCUT2D eigenvalue weighted by atomic mass is 35.5. The largest absolute Gasteiger partial charge is 0.508 e. The van der Waals surface area contributed by atoms with E-state index in [-0.39, 0.29) is 5.75 Å². The van der Waals surface area contributed by atoms with Crippen LogP contribution in [0.25, 0.3) is 22.3 Å². The smallest absolute Gasteiger partial charge is 0.116 e. The van der Waals surface area contributed by atoms with E-state index in [0.717, 1.165) is 11.1 Å². The van der Waals surface area contributed by atoms with E-state index in [1.165, 1.54) is 0 Å². The third kappa shape index (κ3) is 1.89. The van der Waals surface area contributed by atoms with E-state index in [2.05, 4.69) is 9.97 Å². The summed E-state index contributed by atoms with van der Waals surface area (Å²) < 4.78 is 0. The van der Waals surface area contributed by atoms with E-state index in [0.29, 0.717) is 16.2 Å². The Balaban J connectivity index is 2.22. The first-order valence-electron chi connectivity index (χ1n) is 5.45. The summed E-state index contributed by atoms with van der Waals surface area (Å²) in [4.78, 5) is 8.80. The molecule has 0 saturated heterocycles. The number of phenols is 1. The number of aromatic nitrogens is 2. The molecule has 0 aliphatic rings. The Morgan fingerprint density at radius 2 is 1.89 bits per heavy atom. The topological polar surface area (TPSA) is 46.0 Å². The van der Waals surface area contributed by atoms with E-state index in [4.69, 9.17) is 11.6 Å². The van der Waals surface area contributed by atoms with Gasteiger partial charge in [0.15, 0.2) is 0 Å². The SMILES string of the molecule is Oc1cccc(-c2cnc3cccc(Cl)c3n2)c1. The molecule has 1 heterocycles. The Hall–Kier alpha value is -2.13. The van der Waals surface area contributed by atoms with Gasteiger partial charge in [-0.2, -0.15) is 0 Å². The molecule has 4 heteroatoms. The summed E-state index contributed by atoms with van der Waals surface area (Å²) in [5.41, 5.74) is 2.92. The lowest BCUT2D eigenvalue weighted by molar-refractivity contribution is 0.475. The highest BCUT2D eigenvalue weighted by molar-refractivity contribution is 6.34. The highest BCUT2D eigenvalue weighted by Crippen LogP contribution is 2.25. The second-order valence-corrected chi connectivity index (χ2v) is 4.32. The van der Waals surface area contributed by atoms with Gasteiger partial charge in [-0.3, -0.25) is 4.98 Å². The molecule has 0 bridgehead atoms. The zero-order valence-electron chi connectivity index (χ0n) is 9.34. The number of phenolic OH excluding ortho intramolecular Hbond substituents is 1. The van der Waals surface area contributed by atoms with Crippen molar-refractivity contribution in [2.45, 2.75) is 0 Å². The summed E-state index contributed by atoms with van der Waals surface area (Å²) in [6.07, 6.45) is 1.67. The molecular formula is C14H9ClN2O. The minimum absolute atomic E-state index is 0.202. The van der Waals surface area contributed by atoms with Gasteiger partial charge in [-0.05, 0) is 24.3 Å². The third-order valence-electron chi connectivity index (χ3n) is 2.67. The van der Waals surface area contributed by atoms with E-state index in [1.807, 2.05) is 18.2 Å². The monoisotopic (exact) mass is 256 g/mol. The fourth-order valence-electron chi connectivity index (χ4n) is 1.80. The number of halogens is 1. The lowest BCUT2D eigenvalue weighted by atomic mass is 10.1. The van der Waals surface area contributed by atoms with Crippen LogP contribution in [0.15, 0.2) is 48.7 Å². The van der Waals surface area contributed by atoms with E-state index in [1.54, 1.807) is 30.5 Å². The second kappa shape index (κ2) is 4.27. The summed E-state index contributed by atoms with van der Waals surface area (Å²) in [7, 11) is 0. The van der Waals surface area contributed by atoms with Gasteiger partial charge in [0.25, 0.3) is 0 Å². The molecule has 88 valence electrons. The standard InChI is InChI=1S/C14H9ClN2O/c15-11-5-2-6-12-14(11)17-13(8-16-12)9-3-1-4-10(18)7-9/h1-8,18H. The fourth-order valence-corrected chi connectivity index (χ4v) is 2.01. The normalized spacial score (nSPS) is 10.7. The van der Waals surface area contributed by atoms with Crippen LogP contribution >= 0.6 is 11.6 Å². The molecule has 18 heavy (non-hydrogen) atoms. The molecule has 0 amide bonds. The van der Waals surface area contributed by atoms with E-state index < -0.39 is 0 Å². The summed E-state index contributed by atoms with van der Waals surface area (Å²) in [5, 5.41) is 10.0. The molecule has 0 aliphatic carbocycles. The van der Waals surface area contributed by atoms with Crippen molar-refractivity contribution in [3.8, 4) is 17.0 Å². The maximum absolute atomic E-state index is 9.47. The molecule has 0 unspecified atom stereocenters. The number of hydrogen-bond donors (Lipinski definition) is 1. The lowest BCUT2D eigenvalue weighted by Crippen LogP contribution is -1.89. The molecule has 3 rings (SSSR count). The first kappa shape index (κ1) is 11.0. The Morgan fingerprint density at radius 1 is 1.06 bits per heavy atom. The van der Waals surface area contributed by atoms with Crippen molar-refractivity contribution < 1.29 is 5.11 Å². The van der Waals surface area contributed by atoms with Gasteiger partial charge in [0.2, 0.25) is 0 Å². The van der Waals surface area contributed by atoms with Gasteiger partial charge >= 0.3 is 0 Å². The third-order valence-corrected chi connectivity index (χ3v) is 2.97. The van der Waals surface area contributed by atoms with Gasteiger partial charge in [-0.25, -0.2) is 4.98 Å². The minimum atomic E-state index is 0.202. The minimum Gasteiger partial charge on any atom is -0.508 e. The molecule has 0 fully saturated rings. The van der Waals surface area contributed by atoms with Gasteiger partial charge in [-0.1, -0.05) is 29.8 Å². The van der Waals surface area contributed by atoms with Crippen LogP contribution in [-0.4, -0.2) is 15.1 Å². The van der Waals surface area contributed by atoms with Crippen LogP contribution in [-0.2, 0) is 0 Å². The van der Waals surface area contributed by atoms with Crippen molar-refractivity contribution in [3.05, 3.63) is 53.7 Å². The van der Waals surface area contributed by atoms with Crippen LogP contribution in [0.1, 0.15) is 0 Å². The predicted molar refractivity (Wildman–Crippen MR) is 71.6 cm³/mol. The molecule has 2 aromatic carbocycles. The summed E-state index contributed by atoms with van der Waals surface area (Å²) in [5.74, 6) is 0.202. The number of aromatic hydroxyl groups is 1. The van der Waals surface area contributed by atoms with Crippen molar-refractivity contribution in [3.63, 3.8) is 0 Å². The Labute approximate surface area is 109 Å². The Kier molecular flexibility index (Phi) is 2.61. The Morgan fingerprint density at radius 3 is 2.72 bits per heavy atom. The number of nitrogens with zero attached hydrogens (tertiary/aromatic N) is 2. The summed E-state index contributed by atoms with van der Waals surface area (Å²) >= 11 is 6.10. The van der Waals surface area contributed by atoms with Gasteiger partial charge in [0.05, 0.1) is 22.4 Å². The second-order valence-electron chi connectivity index (χ2n) is 3.91. The van der Waals surface area contributed by atoms with Crippen molar-refractivity contribution in [2.75, 3.05) is 0 Å². The van der Waals surface area contributed by atoms with Crippen LogP contribution in [0, 0.1) is 0 Å². The first-order valence-corrected chi connectivity index (χ1v) is 5.82. The molecule has 0 saturated carbocycles. The number of hydrogen-bond acceptors (Lipinski definition) is 3. The Bertz CT molecular complexity index is 728. The quantitative estimate of drug-likeness (QED) is 0.723. The maximum Gasteiger partial charge on any atom is 0.116 e. The molecule has 1 aromatic heterocycles. The highest BCUT2D eigenvalue weighted by Gasteiger charge is 2.05. The maximum atomic E-state index is 9.47. The molecule has 3 nitrogen and oxygen atoms in total. The first-order chi connectivity index (χ1) is 8.74. The van der Waals surface area contributed by atoms with Gasteiger partial charge in [-0.15, -0.1) is 0 Å². The summed E-state index contributed by atoms with van der Waals surface area (Å²) in [6.45, 7) is 0. The van der Waals surface area contributed by atoms with Crippen molar-refractivity contribution in [2.24, 2.45) is 0 Å². The van der Waals surface area contributed by atoms with Crippen molar-refractivity contribution >= 4 is 22.6 Å². The van der Waals surface area contributed by atoms with E-state index >= 15 is 0 Å².